The van der Waals surface area contributed by atoms with E-state index in [1.54, 1.807) is 0 Å². The number of aliphatic hydroxyl groups is 1. The van der Waals surface area contributed by atoms with E-state index in [4.69, 9.17) is 4.74 Å². The van der Waals surface area contributed by atoms with Crippen LogP contribution in [0.5, 0.6) is 0 Å². The predicted molar refractivity (Wildman–Crippen MR) is 84.4 cm³/mol. The van der Waals surface area contributed by atoms with E-state index in [1.807, 2.05) is 18.2 Å². The Labute approximate surface area is 131 Å². The molecule has 0 spiro atoms. The molecule has 2 aliphatic carbocycles. The second kappa shape index (κ2) is 7.25. The number of carbonyl (C=O) groups is 1. The molecule has 0 radical (unpaired) electrons. The van der Waals surface area contributed by atoms with E-state index in [0.717, 1.165) is 38.5 Å². The molecule has 22 heavy (non-hydrogen) atoms. The van der Waals surface area contributed by atoms with Gasteiger partial charge in [0, 0.05) is 5.92 Å². The molecule has 1 amide bonds. The van der Waals surface area contributed by atoms with Gasteiger partial charge >= 0.3 is 0 Å². The highest BCUT2D eigenvalue weighted by Gasteiger charge is 2.40. The first-order valence-corrected chi connectivity index (χ1v) is 8.36. The number of carbonyl (C=O) groups excluding carboxylic acids is 1. The molecule has 2 fully saturated rings. The molecule has 0 heterocycles. The Morgan fingerprint density at radius 2 is 1.91 bits per heavy atom. The standard InChI is InChI=1S/C18H25NO3/c20-15-8-6-14(7-9-15)18(21)19-16-12-17(16)22-11-10-13-4-2-1-3-5-13/h1-5,14-17,20H,6-12H2,(H,19,21)/t14?,15?,16-,17-/m0/s1. The summed E-state index contributed by atoms with van der Waals surface area (Å²) in [6.45, 7) is 0.705. The number of benzene rings is 1. The quantitative estimate of drug-likeness (QED) is 0.845. The molecule has 3 rings (SSSR count). The van der Waals surface area contributed by atoms with Crippen LogP contribution in [0.4, 0.5) is 0 Å². The van der Waals surface area contributed by atoms with Crippen molar-refractivity contribution in [1.29, 1.82) is 0 Å². The van der Waals surface area contributed by atoms with Crippen LogP contribution in [-0.4, -0.2) is 35.9 Å². The number of hydrogen-bond acceptors (Lipinski definition) is 3. The normalized spacial score (nSPS) is 30.8. The summed E-state index contributed by atoms with van der Waals surface area (Å²) in [7, 11) is 0. The molecule has 2 saturated carbocycles. The zero-order chi connectivity index (χ0) is 15.4. The Balaban J connectivity index is 1.32. The smallest absolute Gasteiger partial charge is 0.223 e. The zero-order valence-corrected chi connectivity index (χ0v) is 12.9. The van der Waals surface area contributed by atoms with Crippen LogP contribution in [0.2, 0.25) is 0 Å². The van der Waals surface area contributed by atoms with Crippen molar-refractivity contribution >= 4 is 5.91 Å². The summed E-state index contributed by atoms with van der Waals surface area (Å²) in [4.78, 5) is 12.1. The van der Waals surface area contributed by atoms with Crippen molar-refractivity contribution in [2.24, 2.45) is 5.92 Å². The molecule has 1 aromatic carbocycles. The van der Waals surface area contributed by atoms with E-state index in [0.29, 0.717) is 6.61 Å². The fraction of sp³-hybridized carbons (Fsp3) is 0.611. The monoisotopic (exact) mass is 303 g/mol. The van der Waals surface area contributed by atoms with Gasteiger partial charge < -0.3 is 15.2 Å². The molecule has 0 bridgehead atoms. The Bertz CT molecular complexity index is 482. The van der Waals surface area contributed by atoms with Crippen LogP contribution in [0.15, 0.2) is 30.3 Å². The molecular formula is C18H25NO3. The summed E-state index contributed by atoms with van der Waals surface area (Å²) in [6.07, 6.45) is 4.92. The minimum atomic E-state index is -0.209. The van der Waals surface area contributed by atoms with Crippen LogP contribution in [-0.2, 0) is 16.0 Å². The van der Waals surface area contributed by atoms with Gasteiger partial charge in [0.05, 0.1) is 24.9 Å². The summed E-state index contributed by atoms with van der Waals surface area (Å²) in [5.41, 5.74) is 1.28. The largest absolute Gasteiger partial charge is 0.393 e. The first-order valence-electron chi connectivity index (χ1n) is 8.36. The molecule has 2 aliphatic rings. The highest BCUT2D eigenvalue weighted by Crippen LogP contribution is 2.28. The van der Waals surface area contributed by atoms with Crippen LogP contribution in [0, 0.1) is 5.92 Å². The number of amides is 1. The van der Waals surface area contributed by atoms with Crippen LogP contribution >= 0.6 is 0 Å². The first-order chi connectivity index (χ1) is 10.7. The van der Waals surface area contributed by atoms with Gasteiger partial charge in [0.1, 0.15) is 0 Å². The Hall–Kier alpha value is -1.39. The van der Waals surface area contributed by atoms with Crippen LogP contribution in [0.25, 0.3) is 0 Å². The van der Waals surface area contributed by atoms with Gasteiger partial charge in [-0.25, -0.2) is 0 Å². The van der Waals surface area contributed by atoms with Gasteiger partial charge in [0.15, 0.2) is 0 Å². The fourth-order valence-corrected chi connectivity index (χ4v) is 3.12. The SMILES string of the molecule is O=C(N[C@H]1C[C@@H]1OCCc1ccccc1)C1CCC(O)CC1. The van der Waals surface area contributed by atoms with Gasteiger partial charge in [0.25, 0.3) is 0 Å². The second-order valence-corrected chi connectivity index (χ2v) is 6.50. The van der Waals surface area contributed by atoms with Crippen molar-refractivity contribution in [1.82, 2.24) is 5.32 Å². The average molecular weight is 303 g/mol. The second-order valence-electron chi connectivity index (χ2n) is 6.50. The van der Waals surface area contributed by atoms with Crippen molar-refractivity contribution in [3.8, 4) is 0 Å². The lowest BCUT2D eigenvalue weighted by Gasteiger charge is -2.24. The third-order valence-electron chi connectivity index (χ3n) is 4.69. The summed E-state index contributed by atoms with van der Waals surface area (Å²) < 4.78 is 5.82. The van der Waals surface area contributed by atoms with E-state index in [9.17, 15) is 9.90 Å². The van der Waals surface area contributed by atoms with E-state index < -0.39 is 0 Å². The molecular weight excluding hydrogens is 278 g/mol. The van der Waals surface area contributed by atoms with Crippen molar-refractivity contribution in [2.75, 3.05) is 6.61 Å². The zero-order valence-electron chi connectivity index (χ0n) is 12.9. The van der Waals surface area contributed by atoms with Crippen LogP contribution in [0.1, 0.15) is 37.7 Å². The van der Waals surface area contributed by atoms with E-state index in [-0.39, 0.29) is 30.1 Å². The van der Waals surface area contributed by atoms with Gasteiger partial charge in [-0.3, -0.25) is 4.79 Å². The van der Waals surface area contributed by atoms with Crippen molar-refractivity contribution < 1.29 is 14.6 Å². The highest BCUT2D eigenvalue weighted by molar-refractivity contribution is 5.79. The molecule has 1 aromatic rings. The Morgan fingerprint density at radius 1 is 1.18 bits per heavy atom. The summed E-state index contributed by atoms with van der Waals surface area (Å²) in [5, 5.41) is 12.6. The average Bonchev–Trinajstić information content (AvgIpc) is 3.27. The molecule has 120 valence electrons. The highest BCUT2D eigenvalue weighted by atomic mass is 16.5. The predicted octanol–water partition coefficient (Wildman–Crippen LogP) is 2.05. The Kier molecular flexibility index (Phi) is 5.11. The maximum absolute atomic E-state index is 12.1. The summed E-state index contributed by atoms with van der Waals surface area (Å²) in [5.74, 6) is 0.222. The van der Waals surface area contributed by atoms with Gasteiger partial charge in [-0.05, 0) is 44.1 Å². The maximum atomic E-state index is 12.1. The molecule has 4 nitrogen and oxygen atoms in total. The van der Waals surface area contributed by atoms with E-state index in [2.05, 4.69) is 17.4 Å². The summed E-state index contributed by atoms with van der Waals surface area (Å²) in [6, 6.07) is 10.5. The van der Waals surface area contributed by atoms with Crippen LogP contribution < -0.4 is 5.32 Å². The van der Waals surface area contributed by atoms with Gasteiger partial charge in [-0.1, -0.05) is 30.3 Å². The van der Waals surface area contributed by atoms with Crippen molar-refractivity contribution in [2.45, 2.75) is 56.8 Å². The third-order valence-corrected chi connectivity index (χ3v) is 4.69. The maximum Gasteiger partial charge on any atom is 0.223 e. The lowest BCUT2D eigenvalue weighted by atomic mass is 9.87. The molecule has 2 atom stereocenters. The minimum absolute atomic E-state index is 0.0777. The fourth-order valence-electron chi connectivity index (χ4n) is 3.12. The van der Waals surface area contributed by atoms with E-state index >= 15 is 0 Å². The van der Waals surface area contributed by atoms with Gasteiger partial charge in [-0.2, -0.15) is 0 Å². The number of nitrogens with one attached hydrogen (secondary N) is 1. The number of rotatable bonds is 6. The first kappa shape index (κ1) is 15.5. The number of aliphatic hydroxyl groups excluding tert-OH is 1. The van der Waals surface area contributed by atoms with Crippen LogP contribution in [0.3, 0.4) is 0 Å². The number of hydrogen-bond donors (Lipinski definition) is 2. The summed E-state index contributed by atoms with van der Waals surface area (Å²) >= 11 is 0. The molecule has 2 N–H and O–H groups in total. The lowest BCUT2D eigenvalue weighted by Crippen LogP contribution is -2.36. The molecule has 0 aromatic heterocycles. The third kappa shape index (κ3) is 4.31. The molecule has 0 unspecified atom stereocenters. The lowest BCUT2D eigenvalue weighted by molar-refractivity contribution is -0.126. The van der Waals surface area contributed by atoms with Crippen molar-refractivity contribution in [3.63, 3.8) is 0 Å². The Morgan fingerprint density at radius 3 is 2.64 bits per heavy atom. The van der Waals surface area contributed by atoms with Gasteiger partial charge in [-0.15, -0.1) is 0 Å². The van der Waals surface area contributed by atoms with Crippen molar-refractivity contribution in [3.05, 3.63) is 35.9 Å². The van der Waals surface area contributed by atoms with E-state index in [1.165, 1.54) is 5.56 Å². The van der Waals surface area contributed by atoms with Gasteiger partial charge in [0.2, 0.25) is 5.91 Å². The number of ether oxygens (including phenoxy) is 1. The molecule has 0 saturated heterocycles. The molecule has 4 heteroatoms. The molecule has 0 aliphatic heterocycles. The minimum Gasteiger partial charge on any atom is -0.393 e. The topological polar surface area (TPSA) is 58.6 Å².